The van der Waals surface area contributed by atoms with Crippen molar-refractivity contribution in [1.29, 1.82) is 0 Å². The third-order valence-electron chi connectivity index (χ3n) is 1.85. The molecule has 0 aliphatic rings. The molecule has 0 saturated carbocycles. The molecule has 0 heterocycles. The standard InChI is InChI=1S/C9H9Br2NO3/c10-4-1-5(7(12)3-8(13)14)9(15)6(11)2-4/h1-2,7,15H,3,12H2,(H,13,14)/t7-/m0/s1. The molecule has 1 aromatic carbocycles. The molecular weight excluding hydrogens is 330 g/mol. The summed E-state index contributed by atoms with van der Waals surface area (Å²) in [5, 5.41) is 18.3. The first kappa shape index (κ1) is 12.5. The molecule has 1 rings (SSSR count). The van der Waals surface area contributed by atoms with Gasteiger partial charge in [0.1, 0.15) is 5.75 Å². The number of carboxylic acids is 1. The summed E-state index contributed by atoms with van der Waals surface area (Å²) in [4.78, 5) is 10.5. The van der Waals surface area contributed by atoms with Crippen LogP contribution >= 0.6 is 31.9 Å². The minimum atomic E-state index is -1.00. The van der Waals surface area contributed by atoms with Crippen LogP contribution in [0.5, 0.6) is 5.75 Å². The average Bonchev–Trinajstić information content (AvgIpc) is 2.09. The van der Waals surface area contributed by atoms with Gasteiger partial charge in [-0.1, -0.05) is 15.9 Å². The van der Waals surface area contributed by atoms with E-state index in [1.165, 1.54) is 0 Å². The van der Waals surface area contributed by atoms with E-state index >= 15 is 0 Å². The van der Waals surface area contributed by atoms with Crippen LogP contribution in [0.1, 0.15) is 18.0 Å². The number of aliphatic carboxylic acids is 1. The molecule has 6 heteroatoms. The number of phenolic OH excluding ortho intramolecular Hbond substituents is 1. The van der Waals surface area contributed by atoms with Gasteiger partial charge in [0.2, 0.25) is 0 Å². The van der Waals surface area contributed by atoms with E-state index < -0.39 is 12.0 Å². The summed E-state index contributed by atoms with van der Waals surface area (Å²) >= 11 is 6.39. The first-order chi connectivity index (χ1) is 6.91. The van der Waals surface area contributed by atoms with Gasteiger partial charge in [0, 0.05) is 16.1 Å². The fourth-order valence-corrected chi connectivity index (χ4v) is 2.42. The smallest absolute Gasteiger partial charge is 0.305 e. The van der Waals surface area contributed by atoms with Crippen LogP contribution in [0.15, 0.2) is 21.1 Å². The Morgan fingerprint density at radius 2 is 2.07 bits per heavy atom. The molecule has 0 saturated heterocycles. The molecule has 0 amide bonds. The first-order valence-corrected chi connectivity index (χ1v) is 5.65. The van der Waals surface area contributed by atoms with E-state index in [1.54, 1.807) is 12.1 Å². The maximum absolute atomic E-state index is 10.5. The molecular formula is C9H9Br2NO3. The fourth-order valence-electron chi connectivity index (χ4n) is 1.17. The van der Waals surface area contributed by atoms with Crippen molar-refractivity contribution in [1.82, 2.24) is 0 Å². The molecule has 0 radical (unpaired) electrons. The molecule has 1 aromatic rings. The minimum absolute atomic E-state index is 0.0213. The van der Waals surface area contributed by atoms with Gasteiger partial charge in [0.05, 0.1) is 10.9 Å². The lowest BCUT2D eigenvalue weighted by molar-refractivity contribution is -0.137. The minimum Gasteiger partial charge on any atom is -0.506 e. The highest BCUT2D eigenvalue weighted by molar-refractivity contribution is 9.11. The first-order valence-electron chi connectivity index (χ1n) is 4.07. The van der Waals surface area contributed by atoms with Gasteiger partial charge in [-0.05, 0) is 28.1 Å². The van der Waals surface area contributed by atoms with Crippen molar-refractivity contribution >= 4 is 37.8 Å². The van der Waals surface area contributed by atoms with Crippen LogP contribution in [0.3, 0.4) is 0 Å². The van der Waals surface area contributed by atoms with Gasteiger partial charge in [-0.15, -0.1) is 0 Å². The van der Waals surface area contributed by atoms with E-state index in [0.29, 0.717) is 10.0 Å². The van der Waals surface area contributed by atoms with Gasteiger partial charge in [0.15, 0.2) is 0 Å². The molecule has 4 N–H and O–H groups in total. The van der Waals surface area contributed by atoms with E-state index in [9.17, 15) is 9.90 Å². The van der Waals surface area contributed by atoms with Gasteiger partial charge in [-0.3, -0.25) is 4.79 Å². The second kappa shape index (κ2) is 4.96. The quantitative estimate of drug-likeness (QED) is 0.790. The Labute approximate surface area is 103 Å². The molecule has 0 aromatic heterocycles. The molecule has 15 heavy (non-hydrogen) atoms. The zero-order valence-corrected chi connectivity index (χ0v) is 10.7. The average molecular weight is 339 g/mol. The fraction of sp³-hybridized carbons (Fsp3) is 0.222. The van der Waals surface area contributed by atoms with E-state index in [-0.39, 0.29) is 12.2 Å². The molecule has 0 spiro atoms. The molecule has 1 atom stereocenters. The number of halogens is 2. The van der Waals surface area contributed by atoms with Crippen molar-refractivity contribution in [3.8, 4) is 5.75 Å². The van der Waals surface area contributed by atoms with Gasteiger partial charge >= 0.3 is 5.97 Å². The summed E-state index contributed by atoms with van der Waals surface area (Å²) in [5.74, 6) is -1.02. The lowest BCUT2D eigenvalue weighted by Gasteiger charge is -2.13. The zero-order valence-electron chi connectivity index (χ0n) is 7.58. The number of phenols is 1. The largest absolute Gasteiger partial charge is 0.506 e. The van der Waals surface area contributed by atoms with Crippen molar-refractivity contribution in [2.45, 2.75) is 12.5 Å². The van der Waals surface area contributed by atoms with E-state index in [2.05, 4.69) is 31.9 Å². The topological polar surface area (TPSA) is 83.6 Å². The Hall–Kier alpha value is -0.590. The summed E-state index contributed by atoms with van der Waals surface area (Å²) in [6.07, 6.45) is -0.226. The van der Waals surface area contributed by atoms with E-state index in [1.807, 2.05) is 0 Å². The molecule has 4 nitrogen and oxygen atoms in total. The highest BCUT2D eigenvalue weighted by Crippen LogP contribution is 2.35. The lowest BCUT2D eigenvalue weighted by atomic mass is 10.0. The van der Waals surface area contributed by atoms with Crippen LogP contribution in [0.4, 0.5) is 0 Å². The number of benzene rings is 1. The van der Waals surface area contributed by atoms with Crippen molar-refractivity contribution in [2.24, 2.45) is 5.73 Å². The van der Waals surface area contributed by atoms with Gasteiger partial charge < -0.3 is 15.9 Å². The summed E-state index contributed by atoms with van der Waals surface area (Å²) in [5.41, 5.74) is 6.05. The van der Waals surface area contributed by atoms with Crippen molar-refractivity contribution in [3.63, 3.8) is 0 Å². The van der Waals surface area contributed by atoms with Crippen LogP contribution in [0.25, 0.3) is 0 Å². The number of aromatic hydroxyl groups is 1. The molecule has 0 bridgehead atoms. The second-order valence-electron chi connectivity index (χ2n) is 3.03. The van der Waals surface area contributed by atoms with Crippen molar-refractivity contribution < 1.29 is 15.0 Å². The summed E-state index contributed by atoms with van der Waals surface area (Å²) in [7, 11) is 0. The molecule has 0 unspecified atom stereocenters. The highest BCUT2D eigenvalue weighted by atomic mass is 79.9. The molecule has 0 fully saturated rings. The van der Waals surface area contributed by atoms with Gasteiger partial charge in [-0.2, -0.15) is 0 Å². The predicted molar refractivity (Wildman–Crippen MR) is 62.7 cm³/mol. The highest BCUT2D eigenvalue weighted by Gasteiger charge is 2.16. The second-order valence-corrected chi connectivity index (χ2v) is 4.80. The Balaban J connectivity index is 3.07. The number of rotatable bonds is 3. The number of carboxylic acid groups (broad SMARTS) is 1. The monoisotopic (exact) mass is 337 g/mol. The lowest BCUT2D eigenvalue weighted by Crippen LogP contribution is -2.15. The maximum atomic E-state index is 10.5. The Morgan fingerprint density at radius 1 is 1.47 bits per heavy atom. The third kappa shape index (κ3) is 3.19. The molecule has 82 valence electrons. The summed E-state index contributed by atoms with van der Waals surface area (Å²) in [6.45, 7) is 0. The van der Waals surface area contributed by atoms with Crippen LogP contribution in [-0.4, -0.2) is 16.2 Å². The number of carbonyl (C=O) groups is 1. The maximum Gasteiger partial charge on any atom is 0.305 e. The summed E-state index contributed by atoms with van der Waals surface area (Å²) in [6, 6.07) is 2.54. The Morgan fingerprint density at radius 3 is 2.60 bits per heavy atom. The normalized spacial score (nSPS) is 12.5. The van der Waals surface area contributed by atoms with Crippen LogP contribution in [0.2, 0.25) is 0 Å². The number of hydrogen-bond donors (Lipinski definition) is 3. The van der Waals surface area contributed by atoms with Gasteiger partial charge in [-0.25, -0.2) is 0 Å². The predicted octanol–water partition coefficient (Wildman–Crippen LogP) is 2.39. The number of hydrogen-bond acceptors (Lipinski definition) is 3. The zero-order chi connectivity index (χ0) is 11.6. The Kier molecular flexibility index (Phi) is 4.12. The van der Waals surface area contributed by atoms with Crippen molar-refractivity contribution in [2.75, 3.05) is 0 Å². The van der Waals surface area contributed by atoms with E-state index in [4.69, 9.17) is 10.8 Å². The van der Waals surface area contributed by atoms with Crippen molar-refractivity contribution in [3.05, 3.63) is 26.6 Å². The van der Waals surface area contributed by atoms with Crippen LogP contribution < -0.4 is 5.73 Å². The molecule has 0 aliphatic carbocycles. The third-order valence-corrected chi connectivity index (χ3v) is 2.91. The number of nitrogens with two attached hydrogens (primary N) is 1. The van der Waals surface area contributed by atoms with Crippen LogP contribution in [0, 0.1) is 0 Å². The Bertz CT molecular complexity index is 395. The van der Waals surface area contributed by atoms with Crippen LogP contribution in [-0.2, 0) is 4.79 Å². The van der Waals surface area contributed by atoms with Gasteiger partial charge in [0.25, 0.3) is 0 Å². The SMILES string of the molecule is N[C@@H](CC(=O)O)c1cc(Br)cc(Br)c1O. The molecule has 0 aliphatic heterocycles. The van der Waals surface area contributed by atoms with E-state index in [0.717, 1.165) is 4.47 Å². The summed E-state index contributed by atoms with van der Waals surface area (Å²) < 4.78 is 1.20.